The highest BCUT2D eigenvalue weighted by Crippen LogP contribution is 2.32. The molecule has 1 saturated heterocycles. The topological polar surface area (TPSA) is 38.1 Å². The van der Waals surface area contributed by atoms with E-state index in [0.29, 0.717) is 18.7 Å². The molecule has 1 aliphatic rings. The lowest BCUT2D eigenvalue weighted by Crippen LogP contribution is -2.40. The number of likely N-dealkylation sites (tertiary alicyclic amines) is 1. The van der Waals surface area contributed by atoms with Crippen molar-refractivity contribution in [3.8, 4) is 22.5 Å². The van der Waals surface area contributed by atoms with Crippen LogP contribution >= 0.6 is 0 Å². The molecule has 0 bridgehead atoms. The van der Waals surface area contributed by atoms with Crippen LogP contribution in [0.5, 0.6) is 0 Å². The molecule has 0 unspecified atom stereocenters. The molecule has 33 heavy (non-hydrogen) atoms. The van der Waals surface area contributed by atoms with E-state index in [0.717, 1.165) is 35.4 Å². The van der Waals surface area contributed by atoms with E-state index in [9.17, 15) is 9.18 Å². The summed E-state index contributed by atoms with van der Waals surface area (Å²) in [5.41, 5.74) is 5.00. The minimum absolute atomic E-state index is 0.0489. The van der Waals surface area contributed by atoms with Crippen molar-refractivity contribution in [3.05, 3.63) is 102 Å². The zero-order valence-electron chi connectivity index (χ0n) is 18.4. The fourth-order valence-corrected chi connectivity index (χ4v) is 4.54. The first-order chi connectivity index (χ1) is 16.2. The predicted molar refractivity (Wildman–Crippen MR) is 128 cm³/mol. The fourth-order valence-electron chi connectivity index (χ4n) is 4.54. The summed E-state index contributed by atoms with van der Waals surface area (Å²) >= 11 is 0. The first kappa shape index (κ1) is 21.1. The van der Waals surface area contributed by atoms with E-state index in [1.54, 1.807) is 12.1 Å². The minimum atomic E-state index is -0.305. The van der Waals surface area contributed by atoms with Gasteiger partial charge in [0.2, 0.25) is 5.91 Å². The Morgan fingerprint density at radius 3 is 2.18 bits per heavy atom. The molecular weight excluding hydrogens is 413 g/mol. The van der Waals surface area contributed by atoms with Crippen LogP contribution in [0.25, 0.3) is 22.5 Å². The van der Waals surface area contributed by atoms with Crippen LogP contribution < -0.4 is 0 Å². The summed E-state index contributed by atoms with van der Waals surface area (Å²) in [6.45, 7) is 1.35. The third kappa shape index (κ3) is 4.72. The number of halogens is 1. The second kappa shape index (κ2) is 9.41. The van der Waals surface area contributed by atoms with Crippen molar-refractivity contribution in [2.75, 3.05) is 13.1 Å². The van der Waals surface area contributed by atoms with Crippen LogP contribution in [0.3, 0.4) is 0 Å². The van der Waals surface area contributed by atoms with Gasteiger partial charge in [0, 0.05) is 18.7 Å². The number of piperidine rings is 1. The van der Waals surface area contributed by atoms with Gasteiger partial charge in [-0.3, -0.25) is 9.48 Å². The van der Waals surface area contributed by atoms with Gasteiger partial charge in [-0.2, -0.15) is 5.10 Å². The molecule has 1 amide bonds. The Hall–Kier alpha value is -3.73. The van der Waals surface area contributed by atoms with E-state index >= 15 is 0 Å². The number of hydrogen-bond acceptors (Lipinski definition) is 2. The van der Waals surface area contributed by atoms with Crippen molar-refractivity contribution in [2.24, 2.45) is 0 Å². The zero-order valence-corrected chi connectivity index (χ0v) is 18.4. The number of carbonyl (C=O) groups excluding carboxylic acids is 1. The molecule has 3 aromatic carbocycles. The van der Waals surface area contributed by atoms with Crippen LogP contribution in [0.1, 0.15) is 24.4 Å². The van der Waals surface area contributed by atoms with E-state index in [4.69, 9.17) is 5.10 Å². The quantitative estimate of drug-likeness (QED) is 0.396. The molecule has 5 rings (SSSR count). The van der Waals surface area contributed by atoms with Crippen molar-refractivity contribution >= 4 is 5.91 Å². The number of nitrogens with zero attached hydrogens (tertiary/aromatic N) is 3. The van der Waals surface area contributed by atoms with E-state index in [2.05, 4.69) is 35.0 Å². The molecular formula is C28H26FN3O. The van der Waals surface area contributed by atoms with Gasteiger partial charge in [0.1, 0.15) is 5.82 Å². The number of carbonyl (C=O) groups is 1. The van der Waals surface area contributed by atoms with Crippen molar-refractivity contribution in [3.63, 3.8) is 0 Å². The first-order valence-corrected chi connectivity index (χ1v) is 11.4. The average molecular weight is 440 g/mol. The smallest absolute Gasteiger partial charge is 0.226 e. The van der Waals surface area contributed by atoms with Gasteiger partial charge in [-0.1, -0.05) is 72.8 Å². The van der Waals surface area contributed by atoms with Crippen LogP contribution in [0, 0.1) is 5.82 Å². The highest BCUT2D eigenvalue weighted by Gasteiger charge is 2.26. The normalized spacial score (nSPS) is 14.4. The minimum Gasteiger partial charge on any atom is -0.342 e. The average Bonchev–Trinajstić information content (AvgIpc) is 3.31. The van der Waals surface area contributed by atoms with Gasteiger partial charge < -0.3 is 4.90 Å². The lowest BCUT2D eigenvalue weighted by Gasteiger charge is -2.33. The highest BCUT2D eigenvalue weighted by atomic mass is 19.1. The Kier molecular flexibility index (Phi) is 6.03. The standard InChI is InChI=1S/C28H26FN3O/c29-24-13-7-8-21(18-24)19-28(33)31-16-14-25(15-17-31)32-27(23-11-5-2-6-12-23)20-26(30-32)22-9-3-1-4-10-22/h1-13,18,20,25H,14-17,19H2. The van der Waals surface area contributed by atoms with Crippen LogP contribution in [0.2, 0.25) is 0 Å². The van der Waals surface area contributed by atoms with E-state index in [1.807, 2.05) is 41.3 Å². The Bertz CT molecular complexity index is 1230. The van der Waals surface area contributed by atoms with Crippen molar-refractivity contribution < 1.29 is 9.18 Å². The van der Waals surface area contributed by atoms with Crippen LogP contribution in [-0.2, 0) is 11.2 Å². The van der Waals surface area contributed by atoms with Gasteiger partial charge in [0.05, 0.1) is 23.9 Å². The summed E-state index contributed by atoms with van der Waals surface area (Å²) in [7, 11) is 0. The maximum atomic E-state index is 13.5. The van der Waals surface area contributed by atoms with E-state index in [1.165, 1.54) is 12.1 Å². The molecule has 0 atom stereocenters. The predicted octanol–water partition coefficient (Wildman–Crippen LogP) is 5.76. The highest BCUT2D eigenvalue weighted by molar-refractivity contribution is 5.79. The summed E-state index contributed by atoms with van der Waals surface area (Å²) < 4.78 is 15.6. The molecule has 166 valence electrons. The second-order valence-electron chi connectivity index (χ2n) is 8.51. The summed E-state index contributed by atoms with van der Waals surface area (Å²) in [5.74, 6) is -0.256. The Morgan fingerprint density at radius 1 is 0.848 bits per heavy atom. The molecule has 4 nitrogen and oxygen atoms in total. The third-order valence-corrected chi connectivity index (χ3v) is 6.28. The molecule has 2 heterocycles. The van der Waals surface area contributed by atoms with Gasteiger partial charge >= 0.3 is 0 Å². The number of rotatable bonds is 5. The van der Waals surface area contributed by atoms with E-state index in [-0.39, 0.29) is 24.2 Å². The summed E-state index contributed by atoms with van der Waals surface area (Å²) in [6.07, 6.45) is 1.91. The van der Waals surface area contributed by atoms with Gasteiger partial charge in [0.25, 0.3) is 0 Å². The molecule has 0 N–H and O–H groups in total. The van der Waals surface area contributed by atoms with Crippen molar-refractivity contribution in [2.45, 2.75) is 25.3 Å². The van der Waals surface area contributed by atoms with E-state index < -0.39 is 0 Å². The van der Waals surface area contributed by atoms with Crippen LogP contribution in [-0.4, -0.2) is 33.7 Å². The number of hydrogen-bond donors (Lipinski definition) is 0. The lowest BCUT2D eigenvalue weighted by atomic mass is 10.0. The number of benzene rings is 3. The Labute approximate surface area is 193 Å². The second-order valence-corrected chi connectivity index (χ2v) is 8.51. The maximum absolute atomic E-state index is 13.5. The molecule has 0 aliphatic carbocycles. The van der Waals surface area contributed by atoms with Crippen LogP contribution in [0.4, 0.5) is 4.39 Å². The largest absolute Gasteiger partial charge is 0.342 e. The van der Waals surface area contributed by atoms with Gasteiger partial charge in [-0.15, -0.1) is 0 Å². The van der Waals surface area contributed by atoms with Gasteiger partial charge in [-0.25, -0.2) is 4.39 Å². The molecule has 0 spiro atoms. The van der Waals surface area contributed by atoms with Crippen molar-refractivity contribution in [1.29, 1.82) is 0 Å². The Balaban J connectivity index is 1.34. The van der Waals surface area contributed by atoms with Crippen LogP contribution in [0.15, 0.2) is 91.0 Å². The molecule has 1 aromatic heterocycles. The fraction of sp³-hybridized carbons (Fsp3) is 0.214. The maximum Gasteiger partial charge on any atom is 0.226 e. The van der Waals surface area contributed by atoms with Gasteiger partial charge in [0.15, 0.2) is 0 Å². The van der Waals surface area contributed by atoms with Crippen molar-refractivity contribution in [1.82, 2.24) is 14.7 Å². The Morgan fingerprint density at radius 2 is 1.52 bits per heavy atom. The van der Waals surface area contributed by atoms with Gasteiger partial charge in [-0.05, 0) is 42.2 Å². The zero-order chi connectivity index (χ0) is 22.6. The lowest BCUT2D eigenvalue weighted by molar-refractivity contribution is -0.131. The first-order valence-electron chi connectivity index (χ1n) is 11.4. The molecule has 0 saturated carbocycles. The summed E-state index contributed by atoms with van der Waals surface area (Å²) in [5, 5.41) is 5.00. The number of amides is 1. The molecule has 0 radical (unpaired) electrons. The molecule has 1 fully saturated rings. The summed E-state index contributed by atoms with van der Waals surface area (Å²) in [6, 6.07) is 29.2. The summed E-state index contributed by atoms with van der Waals surface area (Å²) in [4.78, 5) is 14.7. The monoisotopic (exact) mass is 439 g/mol. The number of aromatic nitrogens is 2. The third-order valence-electron chi connectivity index (χ3n) is 6.28. The molecule has 1 aliphatic heterocycles. The molecule has 4 aromatic rings. The SMILES string of the molecule is O=C(Cc1cccc(F)c1)N1CCC(n2nc(-c3ccccc3)cc2-c2ccccc2)CC1. The molecule has 5 heteroatoms.